The third-order valence-corrected chi connectivity index (χ3v) is 3.74. The van der Waals surface area contributed by atoms with Crippen LogP contribution in [-0.2, 0) is 6.54 Å². The first kappa shape index (κ1) is 13.8. The quantitative estimate of drug-likeness (QED) is 0.852. The molecule has 19 heavy (non-hydrogen) atoms. The fraction of sp³-hybridized carbons (Fsp3) is 0.357. The van der Waals surface area contributed by atoms with Crippen LogP contribution in [0, 0.1) is 0 Å². The van der Waals surface area contributed by atoms with E-state index in [9.17, 15) is 4.79 Å². The average Bonchev–Trinajstić information content (AvgIpc) is 2.72. The van der Waals surface area contributed by atoms with E-state index in [0.29, 0.717) is 0 Å². The zero-order valence-electron chi connectivity index (χ0n) is 11.3. The number of hydrogen-bond acceptors (Lipinski definition) is 4. The number of benzene rings is 1. The van der Waals surface area contributed by atoms with Crippen LogP contribution < -0.4 is 10.6 Å². The van der Waals surface area contributed by atoms with E-state index in [1.165, 1.54) is 11.3 Å². The topological polar surface area (TPSA) is 51.3 Å². The zero-order valence-corrected chi connectivity index (χ0v) is 12.1. The molecule has 0 fully saturated rings. The maximum atomic E-state index is 11.9. The van der Waals surface area contributed by atoms with Crippen LogP contribution in [0.5, 0.6) is 0 Å². The number of nitrogens with two attached hydrogens (primary N) is 1. The van der Waals surface area contributed by atoms with Crippen molar-refractivity contribution in [3.63, 3.8) is 0 Å². The van der Waals surface area contributed by atoms with Gasteiger partial charge in [0.2, 0.25) is 0 Å². The molecular formula is C14H19N3OS. The second kappa shape index (κ2) is 6.04. The lowest BCUT2D eigenvalue weighted by molar-refractivity contribution is 0.386. The van der Waals surface area contributed by atoms with Crippen LogP contribution in [0.2, 0.25) is 0 Å². The largest absolute Gasteiger partial charge is 0.399 e. The van der Waals surface area contributed by atoms with Gasteiger partial charge in [0.15, 0.2) is 0 Å². The molecule has 5 heteroatoms. The molecule has 2 aromatic rings. The Morgan fingerprint density at radius 3 is 2.58 bits per heavy atom. The first-order valence-corrected chi connectivity index (χ1v) is 7.15. The van der Waals surface area contributed by atoms with Gasteiger partial charge in [-0.2, -0.15) is 0 Å². The van der Waals surface area contributed by atoms with Gasteiger partial charge in [0.05, 0.1) is 5.69 Å². The standard InChI is InChI=1S/C14H19N3OS/c1-16(2)8-3-9-17-13(10-19-14(17)18)11-4-6-12(15)7-5-11/h4-7,10H,3,8-9,15H2,1-2H3. The second-order valence-electron chi connectivity index (χ2n) is 4.82. The molecule has 0 spiro atoms. The number of thiazole rings is 1. The predicted octanol–water partition coefficient (Wildman–Crippen LogP) is 2.11. The maximum Gasteiger partial charge on any atom is 0.307 e. The fourth-order valence-corrected chi connectivity index (χ4v) is 2.76. The van der Waals surface area contributed by atoms with Crippen molar-refractivity contribution in [2.24, 2.45) is 0 Å². The molecule has 0 amide bonds. The summed E-state index contributed by atoms with van der Waals surface area (Å²) in [5.74, 6) is 0. The van der Waals surface area contributed by atoms with E-state index in [1.54, 1.807) is 0 Å². The van der Waals surface area contributed by atoms with E-state index >= 15 is 0 Å². The molecule has 1 heterocycles. The van der Waals surface area contributed by atoms with Gasteiger partial charge in [0, 0.05) is 17.6 Å². The van der Waals surface area contributed by atoms with Gasteiger partial charge in [0.25, 0.3) is 0 Å². The Morgan fingerprint density at radius 2 is 1.95 bits per heavy atom. The Morgan fingerprint density at radius 1 is 1.26 bits per heavy atom. The van der Waals surface area contributed by atoms with Crippen LogP contribution in [-0.4, -0.2) is 30.1 Å². The summed E-state index contributed by atoms with van der Waals surface area (Å²) in [7, 11) is 4.08. The fourth-order valence-electron chi connectivity index (χ4n) is 1.97. The van der Waals surface area contributed by atoms with Crippen molar-refractivity contribution < 1.29 is 0 Å². The van der Waals surface area contributed by atoms with Gasteiger partial charge in [-0.25, -0.2) is 0 Å². The summed E-state index contributed by atoms with van der Waals surface area (Å²) in [4.78, 5) is 14.1. The SMILES string of the molecule is CN(C)CCCn1c(-c2ccc(N)cc2)csc1=O. The number of rotatable bonds is 5. The third-order valence-electron chi connectivity index (χ3n) is 2.98. The van der Waals surface area contributed by atoms with Crippen LogP contribution in [0.4, 0.5) is 5.69 Å². The van der Waals surface area contributed by atoms with Crippen LogP contribution in [0.15, 0.2) is 34.4 Å². The highest BCUT2D eigenvalue weighted by Crippen LogP contribution is 2.21. The minimum absolute atomic E-state index is 0.102. The summed E-state index contributed by atoms with van der Waals surface area (Å²) < 4.78 is 1.85. The van der Waals surface area contributed by atoms with E-state index in [-0.39, 0.29) is 4.87 Å². The lowest BCUT2D eigenvalue weighted by atomic mass is 10.1. The van der Waals surface area contributed by atoms with Crippen LogP contribution >= 0.6 is 11.3 Å². The molecule has 0 aliphatic heterocycles. The Labute approximate surface area is 117 Å². The zero-order chi connectivity index (χ0) is 13.8. The van der Waals surface area contributed by atoms with Gasteiger partial charge in [-0.15, -0.1) is 0 Å². The minimum atomic E-state index is 0.102. The molecule has 4 nitrogen and oxygen atoms in total. The van der Waals surface area contributed by atoms with E-state index in [4.69, 9.17) is 5.73 Å². The van der Waals surface area contributed by atoms with Crippen molar-refractivity contribution in [2.75, 3.05) is 26.4 Å². The lowest BCUT2D eigenvalue weighted by Crippen LogP contribution is -2.19. The van der Waals surface area contributed by atoms with E-state index in [1.807, 2.05) is 48.3 Å². The normalized spacial score (nSPS) is 11.1. The Balaban J connectivity index is 2.22. The molecule has 0 unspecified atom stereocenters. The molecule has 1 aromatic heterocycles. The Bertz CT molecular complexity index is 583. The van der Waals surface area contributed by atoms with Crippen molar-refractivity contribution in [3.8, 4) is 11.3 Å². The average molecular weight is 277 g/mol. The lowest BCUT2D eigenvalue weighted by Gasteiger charge is -2.11. The molecule has 2 rings (SSSR count). The molecule has 0 saturated heterocycles. The summed E-state index contributed by atoms with van der Waals surface area (Å²) >= 11 is 1.25. The van der Waals surface area contributed by atoms with Gasteiger partial charge in [-0.3, -0.25) is 9.36 Å². The third kappa shape index (κ3) is 3.45. The monoisotopic (exact) mass is 277 g/mol. The molecule has 0 radical (unpaired) electrons. The van der Waals surface area contributed by atoms with Crippen LogP contribution in [0.1, 0.15) is 6.42 Å². The number of aromatic nitrogens is 1. The molecule has 0 saturated carbocycles. The van der Waals surface area contributed by atoms with Crippen LogP contribution in [0.3, 0.4) is 0 Å². The summed E-state index contributed by atoms with van der Waals surface area (Å²) in [5, 5.41) is 1.92. The van der Waals surface area contributed by atoms with E-state index in [0.717, 1.165) is 36.5 Å². The molecule has 1 aromatic carbocycles. The highest BCUT2D eigenvalue weighted by molar-refractivity contribution is 7.07. The van der Waals surface area contributed by atoms with Crippen molar-refractivity contribution in [1.82, 2.24) is 9.47 Å². The molecular weight excluding hydrogens is 258 g/mol. The van der Waals surface area contributed by atoms with Crippen molar-refractivity contribution >= 4 is 17.0 Å². The van der Waals surface area contributed by atoms with Gasteiger partial charge in [0.1, 0.15) is 0 Å². The Hall–Kier alpha value is -1.59. The van der Waals surface area contributed by atoms with Crippen molar-refractivity contribution in [3.05, 3.63) is 39.3 Å². The smallest absolute Gasteiger partial charge is 0.307 e. The first-order chi connectivity index (χ1) is 9.08. The summed E-state index contributed by atoms with van der Waals surface area (Å²) in [6.07, 6.45) is 0.964. The van der Waals surface area contributed by atoms with Gasteiger partial charge in [-0.05, 0) is 44.8 Å². The molecule has 2 N–H and O–H groups in total. The predicted molar refractivity (Wildman–Crippen MR) is 81.6 cm³/mol. The molecule has 0 aliphatic rings. The number of nitrogen functional groups attached to an aromatic ring is 1. The van der Waals surface area contributed by atoms with E-state index in [2.05, 4.69) is 4.90 Å². The molecule has 0 bridgehead atoms. The van der Waals surface area contributed by atoms with Crippen molar-refractivity contribution in [2.45, 2.75) is 13.0 Å². The van der Waals surface area contributed by atoms with Gasteiger partial charge in [-0.1, -0.05) is 23.5 Å². The maximum absolute atomic E-state index is 11.9. The molecule has 102 valence electrons. The first-order valence-electron chi connectivity index (χ1n) is 6.27. The Kier molecular flexibility index (Phi) is 4.39. The molecule has 0 aliphatic carbocycles. The van der Waals surface area contributed by atoms with Gasteiger partial charge >= 0.3 is 4.87 Å². The number of nitrogens with zero attached hydrogens (tertiary/aromatic N) is 2. The molecule has 0 atom stereocenters. The van der Waals surface area contributed by atoms with Crippen LogP contribution in [0.25, 0.3) is 11.3 Å². The van der Waals surface area contributed by atoms with E-state index < -0.39 is 0 Å². The summed E-state index contributed by atoms with van der Waals surface area (Å²) in [6, 6.07) is 7.64. The second-order valence-corrected chi connectivity index (χ2v) is 5.64. The summed E-state index contributed by atoms with van der Waals surface area (Å²) in [6.45, 7) is 1.73. The van der Waals surface area contributed by atoms with Gasteiger partial charge < -0.3 is 10.6 Å². The highest BCUT2D eigenvalue weighted by Gasteiger charge is 2.08. The minimum Gasteiger partial charge on any atom is -0.399 e. The summed E-state index contributed by atoms with van der Waals surface area (Å²) in [5.41, 5.74) is 8.45. The van der Waals surface area contributed by atoms with Crippen molar-refractivity contribution in [1.29, 1.82) is 0 Å². The highest BCUT2D eigenvalue weighted by atomic mass is 32.1. The number of hydrogen-bond donors (Lipinski definition) is 1. The number of anilines is 1.